The van der Waals surface area contributed by atoms with E-state index >= 15 is 0 Å². The average molecular weight is 441 g/mol. The van der Waals surface area contributed by atoms with Gasteiger partial charge in [-0.1, -0.05) is 11.6 Å². The van der Waals surface area contributed by atoms with Crippen LogP contribution in [0.25, 0.3) is 0 Å². The molecule has 0 bridgehead atoms. The Morgan fingerprint density at radius 1 is 1.20 bits per heavy atom. The lowest BCUT2D eigenvalue weighted by Gasteiger charge is -2.36. The molecule has 0 aliphatic carbocycles. The number of β-amino-alcohol motifs (C(OH)–C–C–N with tert-alkyl or cyclic N) is 1. The summed E-state index contributed by atoms with van der Waals surface area (Å²) in [4.78, 5) is 7.77. The summed E-state index contributed by atoms with van der Waals surface area (Å²) >= 11 is 6.02. The summed E-state index contributed by atoms with van der Waals surface area (Å²) in [5, 5.41) is 19.0. The van der Waals surface area contributed by atoms with Gasteiger partial charge in [-0.15, -0.1) is 0 Å². The van der Waals surface area contributed by atoms with Crippen LogP contribution < -0.4 is 9.64 Å². The second-order valence-corrected chi connectivity index (χ2v) is 7.32. The van der Waals surface area contributed by atoms with E-state index in [1.54, 1.807) is 24.3 Å². The van der Waals surface area contributed by atoms with Crippen molar-refractivity contribution in [1.29, 1.82) is 5.26 Å². The van der Waals surface area contributed by atoms with Crippen molar-refractivity contribution in [2.75, 3.05) is 44.2 Å². The summed E-state index contributed by atoms with van der Waals surface area (Å²) < 4.78 is 43.8. The first-order valence-electron chi connectivity index (χ1n) is 9.27. The van der Waals surface area contributed by atoms with Gasteiger partial charge < -0.3 is 14.7 Å². The van der Waals surface area contributed by atoms with Gasteiger partial charge in [-0.05, 0) is 30.3 Å². The Bertz CT molecular complexity index is 894. The van der Waals surface area contributed by atoms with Crippen molar-refractivity contribution in [1.82, 2.24) is 9.88 Å². The fourth-order valence-electron chi connectivity index (χ4n) is 3.13. The van der Waals surface area contributed by atoms with Crippen molar-refractivity contribution in [3.05, 3.63) is 52.7 Å². The molecule has 1 fully saturated rings. The topological polar surface area (TPSA) is 72.6 Å². The van der Waals surface area contributed by atoms with E-state index in [0.717, 1.165) is 12.3 Å². The molecule has 10 heteroatoms. The lowest BCUT2D eigenvalue weighted by Crippen LogP contribution is -2.49. The smallest absolute Gasteiger partial charge is 0.417 e. The van der Waals surface area contributed by atoms with Crippen LogP contribution in [0.4, 0.5) is 19.0 Å². The van der Waals surface area contributed by atoms with E-state index in [4.69, 9.17) is 21.6 Å². The van der Waals surface area contributed by atoms with Gasteiger partial charge in [-0.25, -0.2) is 4.98 Å². The molecule has 0 amide bonds. The number of nitrogens with zero attached hydrogens (tertiary/aromatic N) is 4. The second-order valence-electron chi connectivity index (χ2n) is 6.92. The number of anilines is 1. The molecule has 160 valence electrons. The molecular weight excluding hydrogens is 421 g/mol. The molecule has 0 unspecified atom stereocenters. The first-order valence-corrected chi connectivity index (χ1v) is 9.65. The van der Waals surface area contributed by atoms with Crippen molar-refractivity contribution < 1.29 is 23.0 Å². The van der Waals surface area contributed by atoms with Crippen LogP contribution in [0, 0.1) is 11.3 Å². The van der Waals surface area contributed by atoms with Crippen molar-refractivity contribution in [3.63, 3.8) is 0 Å². The maximum absolute atomic E-state index is 12.8. The number of aliphatic hydroxyl groups excluding tert-OH is 1. The van der Waals surface area contributed by atoms with Crippen LogP contribution in [0.1, 0.15) is 11.1 Å². The van der Waals surface area contributed by atoms with Crippen molar-refractivity contribution in [2.24, 2.45) is 0 Å². The zero-order valence-corrected chi connectivity index (χ0v) is 16.7. The van der Waals surface area contributed by atoms with E-state index in [9.17, 15) is 18.3 Å². The Morgan fingerprint density at radius 3 is 2.43 bits per heavy atom. The molecule has 30 heavy (non-hydrogen) atoms. The maximum atomic E-state index is 12.8. The molecule has 0 radical (unpaired) electrons. The first kappa shape index (κ1) is 22.2. The Kier molecular flexibility index (Phi) is 7.02. The lowest BCUT2D eigenvalue weighted by atomic mass is 10.2. The number of aromatic nitrogens is 1. The van der Waals surface area contributed by atoms with Crippen LogP contribution in [0.5, 0.6) is 5.75 Å². The van der Waals surface area contributed by atoms with Gasteiger partial charge in [0.25, 0.3) is 0 Å². The molecule has 0 spiro atoms. The average Bonchev–Trinajstić information content (AvgIpc) is 2.72. The minimum absolute atomic E-state index is 0.0332. The third-order valence-electron chi connectivity index (χ3n) is 4.72. The van der Waals surface area contributed by atoms with Gasteiger partial charge in [0.1, 0.15) is 24.3 Å². The fourth-order valence-corrected chi connectivity index (χ4v) is 3.42. The van der Waals surface area contributed by atoms with Crippen LogP contribution in [0.3, 0.4) is 0 Å². The highest BCUT2D eigenvalue weighted by atomic mass is 35.5. The third kappa shape index (κ3) is 5.75. The molecule has 1 aliphatic rings. The predicted octanol–water partition coefficient (Wildman–Crippen LogP) is 3.19. The number of ether oxygens (including phenoxy) is 1. The van der Waals surface area contributed by atoms with Crippen LogP contribution >= 0.6 is 11.6 Å². The quantitative estimate of drug-likeness (QED) is 0.743. The number of pyridine rings is 1. The van der Waals surface area contributed by atoms with E-state index in [-0.39, 0.29) is 11.6 Å². The molecule has 0 saturated carbocycles. The Balaban J connectivity index is 1.46. The van der Waals surface area contributed by atoms with Gasteiger partial charge in [0.05, 0.1) is 22.2 Å². The lowest BCUT2D eigenvalue weighted by molar-refractivity contribution is -0.137. The van der Waals surface area contributed by atoms with Crippen LogP contribution in [-0.4, -0.2) is 60.4 Å². The first-order chi connectivity index (χ1) is 14.3. The zero-order valence-electron chi connectivity index (χ0n) is 15.9. The van der Waals surface area contributed by atoms with Gasteiger partial charge in [-0.3, -0.25) is 4.90 Å². The summed E-state index contributed by atoms with van der Waals surface area (Å²) in [6.45, 7) is 2.78. The number of benzene rings is 1. The number of nitriles is 1. The minimum Gasteiger partial charge on any atom is -0.491 e. The monoisotopic (exact) mass is 440 g/mol. The molecule has 3 rings (SSSR count). The zero-order chi connectivity index (χ0) is 21.7. The summed E-state index contributed by atoms with van der Waals surface area (Å²) in [6.07, 6.45) is -4.40. The van der Waals surface area contributed by atoms with Crippen LogP contribution in [0.2, 0.25) is 5.02 Å². The Hall–Kier alpha value is -2.54. The van der Waals surface area contributed by atoms with Crippen LogP contribution in [0.15, 0.2) is 36.5 Å². The number of rotatable bonds is 6. The van der Waals surface area contributed by atoms with Gasteiger partial charge in [0.2, 0.25) is 0 Å². The molecule has 1 aliphatic heterocycles. The number of hydrogen-bond acceptors (Lipinski definition) is 6. The van der Waals surface area contributed by atoms with Crippen molar-refractivity contribution in [2.45, 2.75) is 12.3 Å². The maximum Gasteiger partial charge on any atom is 0.417 e. The molecule has 1 atom stereocenters. The van der Waals surface area contributed by atoms with Gasteiger partial charge >= 0.3 is 6.18 Å². The van der Waals surface area contributed by atoms with Crippen molar-refractivity contribution in [3.8, 4) is 11.8 Å². The molecule has 1 aromatic heterocycles. The van der Waals surface area contributed by atoms with Crippen LogP contribution in [-0.2, 0) is 6.18 Å². The largest absolute Gasteiger partial charge is 0.491 e. The Morgan fingerprint density at radius 2 is 1.87 bits per heavy atom. The van der Waals surface area contributed by atoms with E-state index in [1.807, 2.05) is 15.9 Å². The fraction of sp³-hybridized carbons (Fsp3) is 0.400. The van der Waals surface area contributed by atoms with Gasteiger partial charge in [0.15, 0.2) is 0 Å². The number of hydrogen-bond donors (Lipinski definition) is 1. The SMILES string of the molecule is N#Cc1ccc(OC[C@H](O)CN2CCN(c3ncc(C(F)(F)F)cc3Cl)CC2)cc1. The normalized spacial score (nSPS) is 16.2. The Labute approximate surface area is 177 Å². The molecule has 2 aromatic rings. The minimum atomic E-state index is -4.48. The molecule has 1 aromatic carbocycles. The predicted molar refractivity (Wildman–Crippen MR) is 106 cm³/mol. The highest BCUT2D eigenvalue weighted by Gasteiger charge is 2.32. The highest BCUT2D eigenvalue weighted by Crippen LogP contribution is 2.33. The number of aliphatic hydroxyl groups is 1. The van der Waals surface area contributed by atoms with E-state index in [0.29, 0.717) is 49.9 Å². The third-order valence-corrected chi connectivity index (χ3v) is 4.99. The summed E-state index contributed by atoms with van der Waals surface area (Å²) in [5.74, 6) is 0.898. The molecule has 2 heterocycles. The highest BCUT2D eigenvalue weighted by molar-refractivity contribution is 6.33. The molecular formula is C20H20ClF3N4O2. The summed E-state index contributed by atoms with van der Waals surface area (Å²) in [5.41, 5.74) is -0.344. The van der Waals surface area contributed by atoms with E-state index < -0.39 is 17.8 Å². The number of alkyl halides is 3. The van der Waals surface area contributed by atoms with Crippen molar-refractivity contribution >= 4 is 17.4 Å². The van der Waals surface area contributed by atoms with Gasteiger partial charge in [0, 0.05) is 38.9 Å². The number of piperazine rings is 1. The summed E-state index contributed by atoms with van der Waals surface area (Å²) in [6, 6.07) is 9.54. The van der Waals surface area contributed by atoms with E-state index in [1.165, 1.54) is 0 Å². The molecule has 1 N–H and O–H groups in total. The number of halogens is 4. The van der Waals surface area contributed by atoms with Gasteiger partial charge in [-0.2, -0.15) is 18.4 Å². The molecule has 6 nitrogen and oxygen atoms in total. The molecule has 1 saturated heterocycles. The standard InChI is InChI=1S/C20H20ClF3N4O2/c21-18-9-15(20(22,23)24)11-26-19(18)28-7-5-27(6-8-28)12-16(29)13-30-17-3-1-14(10-25)2-4-17/h1-4,9,11,16,29H,5-8,12-13H2/t16-/m1/s1. The van der Waals surface area contributed by atoms with E-state index in [2.05, 4.69) is 4.98 Å². The summed E-state index contributed by atoms with van der Waals surface area (Å²) in [7, 11) is 0. The second kappa shape index (κ2) is 9.51.